The average molecular weight is 919 g/mol. The topological polar surface area (TPSA) is 89.1 Å². The summed E-state index contributed by atoms with van der Waals surface area (Å²) in [6, 6.07) is 3.92. The van der Waals surface area contributed by atoms with Crippen LogP contribution in [0.4, 0.5) is 5.69 Å². The number of pyridine rings is 2. The molecule has 2 heterocycles. The summed E-state index contributed by atoms with van der Waals surface area (Å²) in [4.78, 5) is 17.3. The molecule has 35 heavy (non-hydrogen) atoms. The van der Waals surface area contributed by atoms with Crippen LogP contribution in [0.2, 0.25) is 0 Å². The number of hydrogen-bond acceptors (Lipinski definition) is 5. The number of rotatable bonds is 2. The predicted molar refractivity (Wildman–Crippen MR) is 171 cm³/mol. The first-order chi connectivity index (χ1) is 15.9. The molecule has 204 valence electrons. The maximum Gasteiger partial charge on any atom is 0 e. The Morgan fingerprint density at radius 2 is 1.31 bits per heavy atom. The number of carbonyl (C=O) groups excluding carboxylic acids is 1. The van der Waals surface area contributed by atoms with Crippen LogP contribution in [0, 0.1) is 19.8 Å². The Hall–Kier alpha value is 1.32. The largest absolute Gasteiger partial charge is 0 e. The summed E-state index contributed by atoms with van der Waals surface area (Å²) in [6.07, 6.45) is 10.1. The number of nitrogen functional groups attached to an aromatic ring is 1. The molecule has 5 nitrogen and oxygen atoms in total. The Bertz CT molecular complexity index is 650. The standard InChI is InChI=1S/C9H12BrN.C5H5BrN2.C3H6O.2C3H7.CH4O.2HI.2V/c1-7(2)3-8-4-9(10)6-11-5-8;6-4-1-5(7)3-8-2-4;1-3(2)4;2*1-3-2;1-2;;;;/h4-7H,3H2,1-2H3;1-3H,7H2;1-2H3;2*1,3H2,2H3;2H,1H3;2*1H;;/q;;;2*-1;;;;;+2/p-2. The van der Waals surface area contributed by atoms with Crippen molar-refractivity contribution in [2.75, 3.05) is 12.8 Å². The summed E-state index contributed by atoms with van der Waals surface area (Å²) in [5.74, 6) is 0.867. The van der Waals surface area contributed by atoms with E-state index in [1.54, 1.807) is 18.5 Å². The molecule has 0 unspecified atom stereocenters. The molecule has 0 spiro atoms. The van der Waals surface area contributed by atoms with Gasteiger partial charge in [-0.1, -0.05) is 27.7 Å². The van der Waals surface area contributed by atoms with E-state index in [-0.39, 0.29) is 24.3 Å². The average Bonchev–Trinajstić information content (AvgIpc) is 2.71. The second-order valence-electron chi connectivity index (χ2n) is 6.52. The summed E-state index contributed by atoms with van der Waals surface area (Å²) in [6.45, 7) is 18.5. The van der Waals surface area contributed by atoms with E-state index in [1.807, 2.05) is 26.2 Å². The third kappa shape index (κ3) is 61.2. The fourth-order valence-electron chi connectivity index (χ4n) is 1.47. The van der Waals surface area contributed by atoms with Crippen LogP contribution in [-0.2, 0) is 39.2 Å². The molecule has 0 amide bonds. The molecule has 0 atom stereocenters. The molecular formula is C24H41Br2I2N3O2V2-2. The number of hydrogen-bond donors (Lipinski definition) is 2. The van der Waals surface area contributed by atoms with Gasteiger partial charge < -0.3 is 29.5 Å². The van der Waals surface area contributed by atoms with Crippen molar-refractivity contribution in [3.05, 3.63) is 65.3 Å². The third-order valence-corrected chi connectivity index (χ3v) is 3.00. The smallest absolute Gasteiger partial charge is 0 e. The molecule has 0 aliphatic rings. The number of nitrogens with two attached hydrogens (primary N) is 1. The second kappa shape index (κ2) is 42.4. The third-order valence-electron chi connectivity index (χ3n) is 2.13. The van der Waals surface area contributed by atoms with Crippen LogP contribution in [0.25, 0.3) is 0 Å². The first-order valence-corrected chi connectivity index (χ1v) is 20.9. The summed E-state index contributed by atoms with van der Waals surface area (Å²) in [7, 11) is 1.63. The molecule has 0 aliphatic carbocycles. The summed E-state index contributed by atoms with van der Waals surface area (Å²) >= 11 is 11.3. The van der Waals surface area contributed by atoms with Crippen molar-refractivity contribution in [2.45, 2.75) is 60.8 Å². The number of halogens is 4. The van der Waals surface area contributed by atoms with E-state index in [2.05, 4.69) is 116 Å². The molecule has 2 aromatic rings. The summed E-state index contributed by atoms with van der Waals surface area (Å²) in [5, 5.41) is 7.00. The minimum atomic E-state index is 0. The molecule has 0 aromatic carbocycles. The quantitative estimate of drug-likeness (QED) is 0.232. The van der Waals surface area contributed by atoms with Gasteiger partial charge >= 0.3 is 49.4 Å². The monoisotopic (exact) mass is 917 g/mol. The zero-order valence-electron chi connectivity index (χ0n) is 21.8. The maximum atomic E-state index is 9.44. The number of carbonyl (C=O) groups is 1. The van der Waals surface area contributed by atoms with E-state index in [1.165, 1.54) is 19.4 Å². The molecule has 0 saturated heterocycles. The van der Waals surface area contributed by atoms with E-state index in [9.17, 15) is 4.79 Å². The zero-order valence-corrected chi connectivity index (χ0v) is 32.1. The van der Waals surface area contributed by atoms with E-state index in [4.69, 9.17) is 10.8 Å². The van der Waals surface area contributed by atoms with E-state index in [0.717, 1.165) is 35.3 Å². The molecule has 3 N–H and O–H groups in total. The minimum absolute atomic E-state index is 0. The molecule has 0 aliphatic heterocycles. The van der Waals surface area contributed by atoms with E-state index in [0.29, 0.717) is 21.1 Å². The van der Waals surface area contributed by atoms with Crippen molar-refractivity contribution in [1.82, 2.24) is 9.97 Å². The van der Waals surface area contributed by atoms with Crippen LogP contribution in [0.3, 0.4) is 0 Å². The van der Waals surface area contributed by atoms with Crippen LogP contribution in [-0.4, -0.2) is 28.0 Å². The Morgan fingerprint density at radius 1 is 1.00 bits per heavy atom. The normalized spacial score (nSPS) is 7.74. The van der Waals surface area contributed by atoms with Gasteiger partial charge in [0, 0.05) is 59.4 Å². The maximum absolute atomic E-state index is 9.44. The number of anilines is 1. The molecule has 2 aromatic heterocycles. The molecule has 1 radical (unpaired) electrons. The molecular weight excluding hydrogens is 878 g/mol. The second-order valence-corrected chi connectivity index (χ2v) is 20.1. The van der Waals surface area contributed by atoms with Crippen LogP contribution in [0.15, 0.2) is 45.9 Å². The van der Waals surface area contributed by atoms with Gasteiger partial charge in [-0.2, -0.15) is 12.8 Å². The predicted octanol–water partition coefficient (Wildman–Crippen LogP) is 8.90. The number of aromatic nitrogens is 2. The Kier molecular flexibility index (Phi) is 59.7. The van der Waals surface area contributed by atoms with Gasteiger partial charge in [-0.25, -0.2) is 0 Å². The zero-order chi connectivity index (χ0) is 27.9. The van der Waals surface area contributed by atoms with Crippen LogP contribution in [0.1, 0.15) is 59.9 Å². The Balaban J connectivity index is -0.0000000775. The Morgan fingerprint density at radius 3 is 1.54 bits per heavy atom. The number of aliphatic hydroxyl groups excluding tert-OH is 1. The van der Waals surface area contributed by atoms with Gasteiger partial charge in [-0.3, -0.25) is 9.97 Å². The number of Topliss-reactive ketones (excluding diaryl/α,β-unsaturated/α-hetero) is 1. The van der Waals surface area contributed by atoms with Crippen molar-refractivity contribution < 1.29 is 37.9 Å². The van der Waals surface area contributed by atoms with Gasteiger partial charge in [0.2, 0.25) is 0 Å². The van der Waals surface area contributed by atoms with Gasteiger partial charge in [0.25, 0.3) is 0 Å². The van der Waals surface area contributed by atoms with Crippen molar-refractivity contribution >= 4 is 83.3 Å². The van der Waals surface area contributed by atoms with Crippen LogP contribution in [0.5, 0.6) is 0 Å². The molecule has 0 fully saturated rings. The van der Waals surface area contributed by atoms with E-state index >= 15 is 0 Å². The van der Waals surface area contributed by atoms with Crippen molar-refractivity contribution in [1.29, 1.82) is 0 Å². The first kappa shape index (κ1) is 49.3. The molecule has 2 rings (SSSR count). The van der Waals surface area contributed by atoms with Gasteiger partial charge in [0.05, 0.1) is 5.69 Å². The SMILES string of the molecule is CC(C)=O.CC(C)Cc1cncc(Br)c1.CO.Nc1cncc(Br)c1.[CH2-]CC.[CH2-]CC.[I][V][I].[V]. The summed E-state index contributed by atoms with van der Waals surface area (Å²) in [5.41, 5.74) is 7.35. The fourth-order valence-corrected chi connectivity index (χ4v) is 2.26. The van der Waals surface area contributed by atoms with E-state index < -0.39 is 0 Å². The van der Waals surface area contributed by atoms with Crippen LogP contribution >= 0.6 is 71.8 Å². The molecule has 0 saturated carbocycles. The number of ketones is 1. The summed E-state index contributed by atoms with van der Waals surface area (Å²) < 4.78 is 1.98. The van der Waals surface area contributed by atoms with Gasteiger partial charge in [-0.05, 0) is 75.7 Å². The Labute approximate surface area is 272 Å². The minimum Gasteiger partial charge on any atom is 0 e. The van der Waals surface area contributed by atoms with Crippen molar-refractivity contribution in [2.24, 2.45) is 5.92 Å². The van der Waals surface area contributed by atoms with Gasteiger partial charge in [-0.15, -0.1) is 0 Å². The van der Waals surface area contributed by atoms with Gasteiger partial charge in [0.1, 0.15) is 5.78 Å². The number of nitrogens with zero attached hydrogens (tertiary/aromatic N) is 2. The first-order valence-electron chi connectivity index (χ1n) is 10.3. The molecule has 11 heteroatoms. The van der Waals surface area contributed by atoms with Crippen molar-refractivity contribution in [3.8, 4) is 0 Å². The van der Waals surface area contributed by atoms with Crippen LogP contribution < -0.4 is 5.73 Å². The number of aliphatic hydroxyl groups is 1. The van der Waals surface area contributed by atoms with Gasteiger partial charge in [0.15, 0.2) is 0 Å². The fraction of sp³-hybridized carbons (Fsp3) is 0.458. The molecule has 0 bridgehead atoms. The van der Waals surface area contributed by atoms with Crippen molar-refractivity contribution in [3.63, 3.8) is 0 Å².